The van der Waals surface area contributed by atoms with E-state index in [1.807, 2.05) is 0 Å². The molecule has 4 nitrogen and oxygen atoms in total. The van der Waals surface area contributed by atoms with Gasteiger partial charge in [0.05, 0.1) is 6.61 Å². The van der Waals surface area contributed by atoms with Crippen LogP contribution in [0, 0.1) is 11.8 Å². The zero-order valence-corrected chi connectivity index (χ0v) is 17.4. The molecule has 0 bridgehead atoms. The number of carbonyl (C=O) groups is 1. The van der Waals surface area contributed by atoms with Gasteiger partial charge in [0.25, 0.3) is 0 Å². The molecule has 1 aromatic rings. The molecule has 0 N–H and O–H groups in total. The topological polar surface area (TPSA) is 32.8 Å². The number of likely N-dealkylation sites (tertiary alicyclic amines) is 1. The summed E-state index contributed by atoms with van der Waals surface area (Å²) in [5.41, 5.74) is 1.20. The first kappa shape index (κ1) is 19.8. The highest BCUT2D eigenvalue weighted by atomic mass is 16.5. The van der Waals surface area contributed by atoms with E-state index in [-0.39, 0.29) is 0 Å². The summed E-state index contributed by atoms with van der Waals surface area (Å²) >= 11 is 0. The highest BCUT2D eigenvalue weighted by molar-refractivity contribution is 5.77. The van der Waals surface area contributed by atoms with Gasteiger partial charge in [-0.25, -0.2) is 0 Å². The van der Waals surface area contributed by atoms with Gasteiger partial charge < -0.3 is 14.5 Å². The third-order valence-corrected chi connectivity index (χ3v) is 6.71. The molecular weight excluding hydrogens is 348 g/mol. The lowest BCUT2D eigenvalue weighted by Crippen LogP contribution is -2.34. The van der Waals surface area contributed by atoms with Gasteiger partial charge in [0.1, 0.15) is 5.75 Å². The van der Waals surface area contributed by atoms with E-state index in [1.165, 1.54) is 63.5 Å². The Morgan fingerprint density at radius 1 is 1.11 bits per heavy atom. The van der Waals surface area contributed by atoms with E-state index < -0.39 is 0 Å². The number of carbonyl (C=O) groups excluding carboxylic acids is 1. The molecule has 2 aliphatic carbocycles. The molecule has 0 unspecified atom stereocenters. The van der Waals surface area contributed by atoms with E-state index in [0.717, 1.165) is 31.9 Å². The summed E-state index contributed by atoms with van der Waals surface area (Å²) in [6.45, 7) is 3.86. The van der Waals surface area contributed by atoms with Crippen molar-refractivity contribution >= 4 is 5.91 Å². The lowest BCUT2D eigenvalue weighted by Gasteiger charge is -2.29. The van der Waals surface area contributed by atoms with Gasteiger partial charge in [-0.15, -0.1) is 0 Å². The third kappa shape index (κ3) is 5.50. The molecule has 4 rings (SSSR count). The van der Waals surface area contributed by atoms with Crippen LogP contribution in [0.1, 0.15) is 63.4 Å². The molecule has 0 radical (unpaired) electrons. The molecule has 0 spiro atoms. The fourth-order valence-electron chi connectivity index (χ4n) is 4.94. The first-order valence-electron chi connectivity index (χ1n) is 11.4. The zero-order chi connectivity index (χ0) is 19.3. The second-order valence-corrected chi connectivity index (χ2v) is 9.34. The molecule has 4 heteroatoms. The highest BCUT2D eigenvalue weighted by Gasteiger charge is 2.33. The van der Waals surface area contributed by atoms with Gasteiger partial charge in [-0.3, -0.25) is 4.79 Å². The second-order valence-electron chi connectivity index (χ2n) is 9.34. The van der Waals surface area contributed by atoms with E-state index in [9.17, 15) is 4.79 Å². The van der Waals surface area contributed by atoms with Crippen molar-refractivity contribution in [3.63, 3.8) is 0 Å². The maximum absolute atomic E-state index is 12.9. The van der Waals surface area contributed by atoms with Crippen molar-refractivity contribution in [3.8, 4) is 5.75 Å². The third-order valence-electron chi connectivity index (χ3n) is 6.71. The molecule has 1 saturated heterocycles. The highest BCUT2D eigenvalue weighted by Crippen LogP contribution is 2.33. The predicted molar refractivity (Wildman–Crippen MR) is 112 cm³/mol. The van der Waals surface area contributed by atoms with Crippen molar-refractivity contribution < 1.29 is 9.53 Å². The minimum Gasteiger partial charge on any atom is -0.493 e. The van der Waals surface area contributed by atoms with Crippen LogP contribution in [0.4, 0.5) is 0 Å². The number of ether oxygens (including phenoxy) is 1. The maximum atomic E-state index is 12.9. The Morgan fingerprint density at radius 2 is 1.89 bits per heavy atom. The molecule has 1 atom stereocenters. The first-order valence-corrected chi connectivity index (χ1v) is 11.4. The average Bonchev–Trinajstić information content (AvgIpc) is 3.41. The SMILES string of the molecule is CN1CCC[C@H](COc2cccc(CN(C(=O)CC3CCCC3)C3CC3)c2)C1. The summed E-state index contributed by atoms with van der Waals surface area (Å²) in [7, 11) is 2.20. The van der Waals surface area contributed by atoms with E-state index in [2.05, 4.69) is 41.1 Å². The number of benzene rings is 1. The Labute approximate surface area is 170 Å². The van der Waals surface area contributed by atoms with Crippen LogP contribution in [-0.4, -0.2) is 48.5 Å². The fourth-order valence-corrected chi connectivity index (χ4v) is 4.94. The number of piperidine rings is 1. The zero-order valence-electron chi connectivity index (χ0n) is 17.4. The molecular formula is C24H36N2O2. The lowest BCUT2D eigenvalue weighted by molar-refractivity contribution is -0.133. The van der Waals surface area contributed by atoms with Crippen molar-refractivity contribution in [2.75, 3.05) is 26.7 Å². The second kappa shape index (κ2) is 9.30. The summed E-state index contributed by atoms with van der Waals surface area (Å²) in [6.07, 6.45) is 10.7. The quantitative estimate of drug-likeness (QED) is 0.662. The van der Waals surface area contributed by atoms with E-state index in [4.69, 9.17) is 4.74 Å². The number of rotatable bonds is 8. The van der Waals surface area contributed by atoms with Crippen LogP contribution >= 0.6 is 0 Å². The van der Waals surface area contributed by atoms with Crippen molar-refractivity contribution in [2.45, 2.75) is 70.4 Å². The van der Waals surface area contributed by atoms with E-state index >= 15 is 0 Å². The Balaban J connectivity index is 1.32. The fraction of sp³-hybridized carbons (Fsp3) is 0.708. The molecule has 1 amide bonds. The van der Waals surface area contributed by atoms with Crippen LogP contribution < -0.4 is 4.74 Å². The summed E-state index contributed by atoms with van der Waals surface area (Å²) in [5, 5.41) is 0. The number of hydrogen-bond donors (Lipinski definition) is 0. The molecule has 28 heavy (non-hydrogen) atoms. The molecule has 3 aliphatic rings. The summed E-state index contributed by atoms with van der Waals surface area (Å²) in [4.78, 5) is 17.5. The molecule has 1 aromatic carbocycles. The Kier molecular flexibility index (Phi) is 6.56. The van der Waals surface area contributed by atoms with Crippen molar-refractivity contribution in [3.05, 3.63) is 29.8 Å². The Hall–Kier alpha value is -1.55. The molecule has 2 saturated carbocycles. The van der Waals surface area contributed by atoms with Crippen LogP contribution in [-0.2, 0) is 11.3 Å². The summed E-state index contributed by atoms with van der Waals surface area (Å²) < 4.78 is 6.13. The summed E-state index contributed by atoms with van der Waals surface area (Å²) in [6, 6.07) is 8.88. The molecule has 154 valence electrons. The lowest BCUT2D eigenvalue weighted by atomic mass is 9.99. The molecule has 0 aromatic heterocycles. The largest absolute Gasteiger partial charge is 0.493 e. The van der Waals surface area contributed by atoms with Crippen LogP contribution in [0.5, 0.6) is 5.75 Å². The van der Waals surface area contributed by atoms with Crippen molar-refractivity contribution in [2.24, 2.45) is 11.8 Å². The van der Waals surface area contributed by atoms with Crippen molar-refractivity contribution in [1.82, 2.24) is 9.80 Å². The van der Waals surface area contributed by atoms with Gasteiger partial charge in [-0.05, 0) is 75.7 Å². The number of hydrogen-bond acceptors (Lipinski definition) is 3. The van der Waals surface area contributed by atoms with Crippen LogP contribution in [0.15, 0.2) is 24.3 Å². The summed E-state index contributed by atoms with van der Waals surface area (Å²) in [5.74, 6) is 2.56. The molecule has 1 aliphatic heterocycles. The Bertz CT molecular complexity index is 652. The number of nitrogens with zero attached hydrogens (tertiary/aromatic N) is 2. The maximum Gasteiger partial charge on any atom is 0.223 e. The predicted octanol–water partition coefficient (Wildman–Crippen LogP) is 4.48. The normalized spacial score (nSPS) is 23.7. The number of amides is 1. The van der Waals surface area contributed by atoms with Gasteiger partial charge in [-0.2, -0.15) is 0 Å². The standard InChI is InChI=1S/C24H36N2O2/c1-25-13-5-9-21(16-25)18-28-23-10-4-8-20(14-23)17-26(22-11-12-22)24(27)15-19-6-2-3-7-19/h4,8,10,14,19,21-22H,2-3,5-7,9,11-13,15-18H2,1H3/t21-/m0/s1. The van der Waals surface area contributed by atoms with Gasteiger partial charge in [0.2, 0.25) is 5.91 Å². The first-order chi connectivity index (χ1) is 13.7. The van der Waals surface area contributed by atoms with Gasteiger partial charge in [0.15, 0.2) is 0 Å². The minimum atomic E-state index is 0.367. The molecule has 3 fully saturated rings. The van der Waals surface area contributed by atoms with Crippen molar-refractivity contribution in [1.29, 1.82) is 0 Å². The van der Waals surface area contributed by atoms with Gasteiger partial charge in [-0.1, -0.05) is 25.0 Å². The van der Waals surface area contributed by atoms with Gasteiger partial charge >= 0.3 is 0 Å². The van der Waals surface area contributed by atoms with E-state index in [0.29, 0.717) is 23.8 Å². The van der Waals surface area contributed by atoms with Gasteiger partial charge in [0, 0.05) is 31.5 Å². The van der Waals surface area contributed by atoms with E-state index in [1.54, 1.807) is 0 Å². The van der Waals surface area contributed by atoms with Crippen LogP contribution in [0.3, 0.4) is 0 Å². The Morgan fingerprint density at radius 3 is 2.64 bits per heavy atom. The average molecular weight is 385 g/mol. The minimum absolute atomic E-state index is 0.367. The monoisotopic (exact) mass is 384 g/mol. The smallest absolute Gasteiger partial charge is 0.223 e. The molecule has 1 heterocycles. The van der Waals surface area contributed by atoms with Crippen LogP contribution in [0.2, 0.25) is 0 Å². The van der Waals surface area contributed by atoms with Crippen LogP contribution in [0.25, 0.3) is 0 Å².